The van der Waals surface area contributed by atoms with E-state index < -0.39 is 6.04 Å². The van der Waals surface area contributed by atoms with Crippen LogP contribution >= 0.6 is 0 Å². The molecule has 10 nitrogen and oxygen atoms in total. The van der Waals surface area contributed by atoms with Gasteiger partial charge in [-0.25, -0.2) is 9.97 Å². The van der Waals surface area contributed by atoms with E-state index in [9.17, 15) is 10.1 Å². The number of aromatic nitrogens is 6. The second kappa shape index (κ2) is 7.72. The Labute approximate surface area is 187 Å². The summed E-state index contributed by atoms with van der Waals surface area (Å²) in [6.45, 7) is 3.73. The highest BCUT2D eigenvalue weighted by atomic mass is 16.1. The van der Waals surface area contributed by atoms with E-state index in [0.29, 0.717) is 45.0 Å². The van der Waals surface area contributed by atoms with Gasteiger partial charge in [0.15, 0.2) is 11.5 Å². The molecule has 0 bridgehead atoms. The lowest BCUT2D eigenvalue weighted by atomic mass is 9.99. The zero-order chi connectivity index (χ0) is 23.1. The van der Waals surface area contributed by atoms with Gasteiger partial charge in [0, 0.05) is 5.69 Å². The van der Waals surface area contributed by atoms with Gasteiger partial charge >= 0.3 is 0 Å². The maximum Gasteiger partial charge on any atom is 0.266 e. The number of nitrogen functional groups attached to an aromatic ring is 1. The maximum absolute atomic E-state index is 13.7. The first-order valence-electron chi connectivity index (χ1n) is 10.2. The summed E-state index contributed by atoms with van der Waals surface area (Å²) in [5.41, 5.74) is 9.93. The smallest absolute Gasteiger partial charge is 0.266 e. The number of aryl methyl sites for hydroxylation is 1. The fourth-order valence-corrected chi connectivity index (χ4v) is 3.91. The van der Waals surface area contributed by atoms with E-state index in [2.05, 4.69) is 31.3 Å². The molecule has 33 heavy (non-hydrogen) atoms. The molecule has 0 fully saturated rings. The van der Waals surface area contributed by atoms with Crippen molar-refractivity contribution in [2.75, 3.05) is 11.1 Å². The van der Waals surface area contributed by atoms with Crippen LogP contribution in [0.4, 0.5) is 11.8 Å². The molecule has 4 N–H and O–H groups in total. The zero-order valence-corrected chi connectivity index (χ0v) is 17.9. The quantitative estimate of drug-likeness (QED) is 0.388. The fraction of sp³-hybridized carbons (Fsp3) is 0.130. The van der Waals surface area contributed by atoms with E-state index in [0.717, 1.165) is 5.69 Å². The van der Waals surface area contributed by atoms with Gasteiger partial charge in [0.2, 0.25) is 5.95 Å². The normalized spacial score (nSPS) is 12.0. The Morgan fingerprint density at radius 1 is 1.18 bits per heavy atom. The molecule has 0 aliphatic heterocycles. The minimum absolute atomic E-state index is 0.0885. The SMILES string of the molecule is Cc1cccc2nc(C(C)Nc3nc(N)nc4[nH]cnc34)c(-c3cccc(C#N)c3)c(=O)n12. The molecule has 0 amide bonds. The first-order valence-corrected chi connectivity index (χ1v) is 10.2. The summed E-state index contributed by atoms with van der Waals surface area (Å²) in [5.74, 6) is 0.514. The van der Waals surface area contributed by atoms with Crippen LogP contribution in [0, 0.1) is 18.3 Å². The molecule has 4 heterocycles. The van der Waals surface area contributed by atoms with Crippen molar-refractivity contribution in [3.63, 3.8) is 0 Å². The van der Waals surface area contributed by atoms with E-state index in [1.807, 2.05) is 26.0 Å². The number of hydrogen-bond donors (Lipinski definition) is 3. The predicted molar refractivity (Wildman–Crippen MR) is 124 cm³/mol. The Balaban J connectivity index is 1.73. The number of nitrogens with two attached hydrogens (primary N) is 1. The lowest BCUT2D eigenvalue weighted by Gasteiger charge is -2.19. The molecule has 0 radical (unpaired) electrons. The van der Waals surface area contributed by atoms with Gasteiger partial charge < -0.3 is 16.0 Å². The Bertz CT molecular complexity index is 1630. The van der Waals surface area contributed by atoms with Gasteiger partial charge in [-0.05, 0) is 43.7 Å². The van der Waals surface area contributed by atoms with E-state index in [1.54, 1.807) is 34.7 Å². The van der Waals surface area contributed by atoms with Crippen LogP contribution in [0.3, 0.4) is 0 Å². The van der Waals surface area contributed by atoms with Crippen LogP contribution in [0.25, 0.3) is 27.9 Å². The highest BCUT2D eigenvalue weighted by Gasteiger charge is 2.22. The molecule has 10 heteroatoms. The molecule has 0 saturated carbocycles. The van der Waals surface area contributed by atoms with E-state index in [4.69, 9.17) is 10.7 Å². The van der Waals surface area contributed by atoms with Crippen molar-refractivity contribution in [3.05, 3.63) is 76.1 Å². The van der Waals surface area contributed by atoms with Gasteiger partial charge in [-0.15, -0.1) is 0 Å². The summed E-state index contributed by atoms with van der Waals surface area (Å²) in [7, 11) is 0. The number of imidazole rings is 1. The molecule has 0 saturated heterocycles. The summed E-state index contributed by atoms with van der Waals surface area (Å²) in [6, 6.07) is 14.1. The average Bonchev–Trinajstić information content (AvgIpc) is 3.27. The predicted octanol–water partition coefficient (Wildman–Crippen LogP) is 2.96. The molecule has 1 aromatic carbocycles. The highest BCUT2D eigenvalue weighted by molar-refractivity contribution is 5.84. The number of pyridine rings is 1. The second-order valence-electron chi connectivity index (χ2n) is 7.63. The minimum atomic E-state index is -0.446. The lowest BCUT2D eigenvalue weighted by molar-refractivity contribution is 0.821. The van der Waals surface area contributed by atoms with Gasteiger partial charge in [-0.1, -0.05) is 18.2 Å². The largest absolute Gasteiger partial charge is 0.368 e. The van der Waals surface area contributed by atoms with Crippen molar-refractivity contribution >= 4 is 28.6 Å². The molecule has 4 aromatic heterocycles. The standard InChI is InChI=1S/C23H19N9O/c1-12-5-3-8-16-29-18(13(2)28-21-19-20(27-11-26-19)30-23(25)31-21)17(22(33)32(12)16)15-7-4-6-14(9-15)10-24/h3-9,11,13H,1-2H3,(H4,25,26,27,28,30,31). The summed E-state index contributed by atoms with van der Waals surface area (Å²) in [4.78, 5) is 34.1. The highest BCUT2D eigenvalue weighted by Crippen LogP contribution is 2.29. The summed E-state index contributed by atoms with van der Waals surface area (Å²) < 4.78 is 1.57. The van der Waals surface area contributed by atoms with Gasteiger partial charge in [-0.3, -0.25) is 9.20 Å². The zero-order valence-electron chi connectivity index (χ0n) is 17.9. The third-order valence-corrected chi connectivity index (χ3v) is 5.41. The molecule has 0 spiro atoms. The topological polar surface area (TPSA) is 151 Å². The van der Waals surface area contributed by atoms with Crippen molar-refractivity contribution in [3.8, 4) is 17.2 Å². The fourth-order valence-electron chi connectivity index (χ4n) is 3.91. The summed E-state index contributed by atoms with van der Waals surface area (Å²) >= 11 is 0. The monoisotopic (exact) mass is 437 g/mol. The van der Waals surface area contributed by atoms with Gasteiger partial charge in [0.05, 0.1) is 35.3 Å². The molecule has 5 aromatic rings. The van der Waals surface area contributed by atoms with Crippen LogP contribution in [-0.2, 0) is 0 Å². The number of hydrogen-bond acceptors (Lipinski definition) is 8. The Morgan fingerprint density at radius 3 is 2.82 bits per heavy atom. The van der Waals surface area contributed by atoms with Gasteiger partial charge in [0.25, 0.3) is 5.56 Å². The summed E-state index contributed by atoms with van der Waals surface area (Å²) in [6.07, 6.45) is 1.51. The van der Waals surface area contributed by atoms with E-state index in [1.165, 1.54) is 6.33 Å². The Morgan fingerprint density at radius 2 is 2.00 bits per heavy atom. The molecule has 0 aliphatic rings. The van der Waals surface area contributed by atoms with Crippen molar-refractivity contribution in [2.45, 2.75) is 19.9 Å². The number of rotatable bonds is 4. The number of nitrogens with one attached hydrogen (secondary N) is 2. The van der Waals surface area contributed by atoms with Gasteiger partial charge in [-0.2, -0.15) is 15.2 Å². The first-order chi connectivity index (χ1) is 16.0. The molecule has 1 atom stereocenters. The Kier molecular flexibility index (Phi) is 4.71. The number of anilines is 2. The van der Waals surface area contributed by atoms with Crippen molar-refractivity contribution in [2.24, 2.45) is 0 Å². The van der Waals surface area contributed by atoms with E-state index >= 15 is 0 Å². The van der Waals surface area contributed by atoms with Crippen LogP contribution < -0.4 is 16.6 Å². The Hall–Kier alpha value is -4.78. The maximum atomic E-state index is 13.7. The number of benzene rings is 1. The van der Waals surface area contributed by atoms with Crippen molar-refractivity contribution in [1.29, 1.82) is 5.26 Å². The first kappa shape index (κ1) is 20.1. The molecule has 5 rings (SSSR count). The van der Waals surface area contributed by atoms with Crippen molar-refractivity contribution in [1.82, 2.24) is 29.3 Å². The van der Waals surface area contributed by atoms with Gasteiger partial charge in [0.1, 0.15) is 11.2 Å². The number of H-pyrrole nitrogens is 1. The number of aromatic amines is 1. The molecule has 1 unspecified atom stereocenters. The van der Waals surface area contributed by atoms with Crippen molar-refractivity contribution < 1.29 is 0 Å². The molecule has 0 aliphatic carbocycles. The van der Waals surface area contributed by atoms with Crippen LogP contribution in [0.5, 0.6) is 0 Å². The minimum Gasteiger partial charge on any atom is -0.368 e. The van der Waals surface area contributed by atoms with Crippen LogP contribution in [0.1, 0.15) is 29.9 Å². The second-order valence-corrected chi connectivity index (χ2v) is 7.63. The number of nitrogens with zero attached hydrogens (tertiary/aromatic N) is 6. The molecule has 162 valence electrons. The number of nitriles is 1. The van der Waals surface area contributed by atoms with Crippen LogP contribution in [-0.4, -0.2) is 29.3 Å². The van der Waals surface area contributed by atoms with Crippen LogP contribution in [0.15, 0.2) is 53.6 Å². The summed E-state index contributed by atoms with van der Waals surface area (Å²) in [5, 5.41) is 12.7. The third-order valence-electron chi connectivity index (χ3n) is 5.41. The molecular weight excluding hydrogens is 418 g/mol. The van der Waals surface area contributed by atoms with E-state index in [-0.39, 0.29) is 11.5 Å². The van der Waals surface area contributed by atoms with Crippen LogP contribution in [0.2, 0.25) is 0 Å². The third kappa shape index (κ3) is 3.41. The molecular formula is C23H19N9O. The lowest BCUT2D eigenvalue weighted by Crippen LogP contribution is -2.24. The average molecular weight is 437 g/mol. The number of fused-ring (bicyclic) bond motifs is 2.